The lowest BCUT2D eigenvalue weighted by atomic mass is 10.2. The van der Waals surface area contributed by atoms with E-state index in [1.807, 2.05) is 37.3 Å². The zero-order valence-electron chi connectivity index (χ0n) is 12.4. The van der Waals surface area contributed by atoms with Gasteiger partial charge in [-0.15, -0.1) is 5.17 Å². The van der Waals surface area contributed by atoms with Crippen molar-refractivity contribution < 1.29 is 18.2 Å². The summed E-state index contributed by atoms with van der Waals surface area (Å²) in [7, 11) is -4.02. The molecule has 1 aliphatic heterocycles. The van der Waals surface area contributed by atoms with Crippen molar-refractivity contribution in [1.82, 2.24) is 0 Å². The standard InChI is InChI=1S/C9H8N2O.C7H8O3S/c12-11-9-6-2-1-4-8(9)5-3-7-10-11;1-6-2-4-7(5-3-6)11(8,9)10/h1-7,12H;2-5H,1H3,(H,8,9,10). The van der Waals surface area contributed by atoms with E-state index in [1.165, 1.54) is 12.1 Å². The van der Waals surface area contributed by atoms with Gasteiger partial charge in [0, 0.05) is 11.8 Å². The van der Waals surface area contributed by atoms with Crippen molar-refractivity contribution in [2.45, 2.75) is 11.8 Å². The molecule has 0 unspecified atom stereocenters. The van der Waals surface area contributed by atoms with Crippen LogP contribution < -0.4 is 5.17 Å². The fourth-order valence-electron chi connectivity index (χ4n) is 1.83. The normalized spacial score (nSPS) is 12.9. The zero-order chi connectivity index (χ0) is 16.9. The summed E-state index contributed by atoms with van der Waals surface area (Å²) in [5.74, 6) is 0. The van der Waals surface area contributed by atoms with Crippen molar-refractivity contribution in [3.8, 4) is 0 Å². The molecule has 2 aromatic carbocycles. The molecule has 3 rings (SSSR count). The monoisotopic (exact) mass is 332 g/mol. The minimum absolute atomic E-state index is 0.0666. The van der Waals surface area contributed by atoms with E-state index in [2.05, 4.69) is 5.10 Å². The Morgan fingerprint density at radius 3 is 2.35 bits per heavy atom. The molecule has 0 spiro atoms. The molecular formula is C16H16N2O4S. The molecule has 0 amide bonds. The molecule has 0 saturated heterocycles. The largest absolute Gasteiger partial charge is 0.294 e. The lowest BCUT2D eigenvalue weighted by Crippen LogP contribution is -2.09. The quantitative estimate of drug-likeness (QED) is 0.783. The summed E-state index contributed by atoms with van der Waals surface area (Å²) in [5.41, 5.74) is 2.61. The number of nitrogens with zero attached hydrogens (tertiary/aromatic N) is 2. The summed E-state index contributed by atoms with van der Waals surface area (Å²) in [6.45, 7) is 1.84. The number of hydrogen-bond acceptors (Lipinski definition) is 5. The van der Waals surface area contributed by atoms with Crippen LogP contribution in [-0.4, -0.2) is 24.4 Å². The summed E-state index contributed by atoms with van der Waals surface area (Å²) < 4.78 is 29.6. The predicted octanol–water partition coefficient (Wildman–Crippen LogP) is 3.14. The highest BCUT2D eigenvalue weighted by Crippen LogP contribution is 2.21. The van der Waals surface area contributed by atoms with Gasteiger partial charge in [0.2, 0.25) is 0 Å². The summed E-state index contributed by atoms with van der Waals surface area (Å²) in [6.07, 6.45) is 5.23. The van der Waals surface area contributed by atoms with Gasteiger partial charge in [0.15, 0.2) is 0 Å². The summed E-state index contributed by atoms with van der Waals surface area (Å²) in [4.78, 5) is -0.0666. The molecule has 7 heteroatoms. The van der Waals surface area contributed by atoms with Crippen molar-refractivity contribution >= 4 is 28.1 Å². The van der Waals surface area contributed by atoms with E-state index in [1.54, 1.807) is 24.4 Å². The van der Waals surface area contributed by atoms with E-state index in [0.717, 1.165) is 16.3 Å². The highest BCUT2D eigenvalue weighted by molar-refractivity contribution is 7.85. The fourth-order valence-corrected chi connectivity index (χ4v) is 2.31. The van der Waals surface area contributed by atoms with E-state index in [9.17, 15) is 13.6 Å². The van der Waals surface area contributed by atoms with Gasteiger partial charge >= 0.3 is 0 Å². The second-order valence-corrected chi connectivity index (χ2v) is 6.18. The molecule has 0 atom stereocenters. The first-order valence-corrected chi connectivity index (χ1v) is 8.15. The summed E-state index contributed by atoms with van der Waals surface area (Å²) in [5, 5.41) is 13.9. The molecule has 6 nitrogen and oxygen atoms in total. The third kappa shape index (κ3) is 4.75. The van der Waals surface area contributed by atoms with Gasteiger partial charge in [0.25, 0.3) is 10.1 Å². The minimum Gasteiger partial charge on any atom is -0.282 e. The molecule has 0 bridgehead atoms. The average Bonchev–Trinajstić information content (AvgIpc) is 2.70. The highest BCUT2D eigenvalue weighted by atomic mass is 32.2. The van der Waals surface area contributed by atoms with Crippen LogP contribution in [0.2, 0.25) is 0 Å². The van der Waals surface area contributed by atoms with E-state index in [-0.39, 0.29) is 4.90 Å². The van der Waals surface area contributed by atoms with Crippen LogP contribution in [0, 0.1) is 6.92 Å². The van der Waals surface area contributed by atoms with E-state index in [4.69, 9.17) is 4.55 Å². The lowest BCUT2D eigenvalue weighted by Gasteiger charge is -2.10. The van der Waals surface area contributed by atoms with E-state index >= 15 is 0 Å². The molecule has 2 N–H and O–H groups in total. The second kappa shape index (κ2) is 7.19. The maximum Gasteiger partial charge on any atom is 0.294 e. The van der Waals surface area contributed by atoms with Crippen LogP contribution in [-0.2, 0) is 10.1 Å². The lowest BCUT2D eigenvalue weighted by molar-refractivity contribution is 0.260. The van der Waals surface area contributed by atoms with Crippen molar-refractivity contribution in [3.63, 3.8) is 0 Å². The second-order valence-electron chi connectivity index (χ2n) is 4.76. The third-order valence-electron chi connectivity index (χ3n) is 3.01. The highest BCUT2D eigenvalue weighted by Gasteiger charge is 2.07. The zero-order valence-corrected chi connectivity index (χ0v) is 13.2. The smallest absolute Gasteiger partial charge is 0.282 e. The van der Waals surface area contributed by atoms with Crippen LogP contribution in [0.25, 0.3) is 6.08 Å². The van der Waals surface area contributed by atoms with Gasteiger partial charge in [-0.2, -0.15) is 13.5 Å². The van der Waals surface area contributed by atoms with Crippen LogP contribution in [0.1, 0.15) is 11.1 Å². The Morgan fingerprint density at radius 2 is 1.70 bits per heavy atom. The van der Waals surface area contributed by atoms with Crippen LogP contribution in [0.4, 0.5) is 5.69 Å². The van der Waals surface area contributed by atoms with Gasteiger partial charge in [0.05, 0.1) is 10.6 Å². The number of allylic oxidation sites excluding steroid dienone is 1. The average molecular weight is 332 g/mol. The molecule has 0 fully saturated rings. The Balaban J connectivity index is 0.000000168. The van der Waals surface area contributed by atoms with Crippen molar-refractivity contribution in [3.05, 3.63) is 65.7 Å². The van der Waals surface area contributed by atoms with Gasteiger partial charge in [-0.1, -0.05) is 42.0 Å². The number of benzene rings is 2. The molecule has 23 heavy (non-hydrogen) atoms. The van der Waals surface area contributed by atoms with Gasteiger partial charge in [0.1, 0.15) is 0 Å². The molecule has 0 aliphatic carbocycles. The van der Waals surface area contributed by atoms with Gasteiger partial charge in [-0.05, 0) is 31.2 Å². The molecule has 0 saturated carbocycles. The number of hydrogen-bond donors (Lipinski definition) is 2. The molecule has 1 heterocycles. The topological polar surface area (TPSA) is 90.2 Å². The van der Waals surface area contributed by atoms with Gasteiger partial charge in [-0.3, -0.25) is 9.76 Å². The van der Waals surface area contributed by atoms with Gasteiger partial charge in [-0.25, -0.2) is 0 Å². The molecule has 0 aromatic heterocycles. The molecule has 0 radical (unpaired) electrons. The number of hydrazone groups is 1. The third-order valence-corrected chi connectivity index (χ3v) is 3.88. The summed E-state index contributed by atoms with van der Waals surface area (Å²) in [6, 6.07) is 13.5. The molecule has 120 valence electrons. The predicted molar refractivity (Wildman–Crippen MR) is 89.2 cm³/mol. The summed E-state index contributed by atoms with van der Waals surface area (Å²) >= 11 is 0. The van der Waals surface area contributed by atoms with Crippen LogP contribution in [0.5, 0.6) is 0 Å². The van der Waals surface area contributed by atoms with Crippen molar-refractivity contribution in [2.75, 3.05) is 5.17 Å². The Bertz CT molecular complexity index is 827. The molecule has 1 aliphatic rings. The Labute approximate surface area is 134 Å². The first kappa shape index (κ1) is 16.9. The van der Waals surface area contributed by atoms with Crippen LogP contribution >= 0.6 is 0 Å². The first-order valence-electron chi connectivity index (χ1n) is 6.71. The van der Waals surface area contributed by atoms with Crippen molar-refractivity contribution in [1.29, 1.82) is 0 Å². The van der Waals surface area contributed by atoms with Crippen molar-refractivity contribution in [2.24, 2.45) is 5.10 Å². The molecule has 2 aromatic rings. The number of rotatable bonds is 1. The Morgan fingerprint density at radius 1 is 1.04 bits per heavy atom. The van der Waals surface area contributed by atoms with E-state index < -0.39 is 10.1 Å². The fraction of sp³-hybridized carbons (Fsp3) is 0.0625. The SMILES string of the molecule is Cc1ccc(S(=O)(=O)O)cc1.ON1N=CC=Cc2ccccc21. The Kier molecular flexibility index (Phi) is 5.28. The minimum atomic E-state index is -4.02. The van der Waals surface area contributed by atoms with Gasteiger partial charge < -0.3 is 0 Å². The van der Waals surface area contributed by atoms with Crippen LogP contribution in [0.3, 0.4) is 0 Å². The number of anilines is 1. The first-order chi connectivity index (χ1) is 10.9. The molecular weight excluding hydrogens is 316 g/mol. The number of aryl methyl sites for hydroxylation is 1. The van der Waals surface area contributed by atoms with E-state index in [0.29, 0.717) is 5.69 Å². The number of para-hydroxylation sites is 1. The maximum absolute atomic E-state index is 10.5. The van der Waals surface area contributed by atoms with Crippen LogP contribution in [0.15, 0.2) is 64.6 Å². The number of fused-ring (bicyclic) bond motifs is 1. The Hall–Kier alpha value is -2.48. The maximum atomic E-state index is 10.5.